The minimum atomic E-state index is -0.611. The molecular formula is C19H25NO6. The fourth-order valence-corrected chi connectivity index (χ4v) is 3.10. The van der Waals surface area contributed by atoms with Gasteiger partial charge in [-0.15, -0.1) is 0 Å². The first kappa shape index (κ1) is 18.7. The van der Waals surface area contributed by atoms with Gasteiger partial charge in [0.25, 0.3) is 0 Å². The van der Waals surface area contributed by atoms with Crippen LogP contribution in [-0.2, 0) is 9.47 Å². The highest BCUT2D eigenvalue weighted by atomic mass is 16.5. The summed E-state index contributed by atoms with van der Waals surface area (Å²) in [5.41, 5.74) is 1.24. The summed E-state index contributed by atoms with van der Waals surface area (Å²) in [6.07, 6.45) is -0.611. The first-order valence-electron chi connectivity index (χ1n) is 8.90. The van der Waals surface area contributed by atoms with E-state index in [1.807, 2.05) is 0 Å². The molecule has 0 aliphatic carbocycles. The fraction of sp³-hybridized carbons (Fsp3) is 0.526. The third-order valence-corrected chi connectivity index (χ3v) is 4.38. The van der Waals surface area contributed by atoms with E-state index in [2.05, 4.69) is 4.90 Å². The number of ether oxygens (including phenoxy) is 3. The molecule has 1 aromatic carbocycles. The van der Waals surface area contributed by atoms with Gasteiger partial charge in [0, 0.05) is 25.2 Å². The highest BCUT2D eigenvalue weighted by Crippen LogP contribution is 2.33. The van der Waals surface area contributed by atoms with E-state index in [0.29, 0.717) is 36.7 Å². The van der Waals surface area contributed by atoms with E-state index in [4.69, 9.17) is 18.6 Å². The van der Waals surface area contributed by atoms with Crippen LogP contribution < -0.4 is 4.74 Å². The molecule has 1 atom stereocenters. The van der Waals surface area contributed by atoms with Crippen molar-refractivity contribution in [2.75, 3.05) is 46.1 Å². The molecule has 0 saturated carbocycles. The monoisotopic (exact) mass is 363 g/mol. The van der Waals surface area contributed by atoms with E-state index >= 15 is 0 Å². The van der Waals surface area contributed by atoms with Gasteiger partial charge in [0.1, 0.15) is 24.0 Å². The third kappa shape index (κ3) is 4.17. The number of aliphatic hydroxyl groups excluding tert-OH is 1. The number of aliphatic hydroxyl groups is 1. The zero-order valence-corrected chi connectivity index (χ0v) is 15.2. The number of nitrogens with zero attached hydrogens (tertiary/aromatic N) is 1. The van der Waals surface area contributed by atoms with Crippen LogP contribution in [0.4, 0.5) is 0 Å². The van der Waals surface area contributed by atoms with Crippen LogP contribution >= 0.6 is 0 Å². The molecule has 7 nitrogen and oxygen atoms in total. The summed E-state index contributed by atoms with van der Waals surface area (Å²) >= 11 is 0. The second kappa shape index (κ2) is 8.53. The average Bonchev–Trinajstić information content (AvgIpc) is 2.99. The third-order valence-electron chi connectivity index (χ3n) is 4.38. The van der Waals surface area contributed by atoms with Crippen molar-refractivity contribution in [3.8, 4) is 5.75 Å². The molecule has 0 bridgehead atoms. The second-order valence-electron chi connectivity index (χ2n) is 6.28. The topological polar surface area (TPSA) is 81.4 Å². The largest absolute Gasteiger partial charge is 0.490 e. The van der Waals surface area contributed by atoms with Gasteiger partial charge in [-0.1, -0.05) is 6.07 Å². The minimum absolute atomic E-state index is 0.163. The number of carbonyl (C=O) groups is 1. The number of hydrogen-bond acceptors (Lipinski definition) is 7. The van der Waals surface area contributed by atoms with Gasteiger partial charge in [0.15, 0.2) is 0 Å². The first-order chi connectivity index (χ1) is 12.6. The molecule has 1 unspecified atom stereocenters. The molecule has 1 aliphatic heterocycles. The quantitative estimate of drug-likeness (QED) is 0.754. The number of morpholine rings is 1. The lowest BCUT2D eigenvalue weighted by molar-refractivity contribution is 0.00479. The van der Waals surface area contributed by atoms with Gasteiger partial charge < -0.3 is 23.7 Å². The van der Waals surface area contributed by atoms with Crippen molar-refractivity contribution in [1.82, 2.24) is 4.90 Å². The Morgan fingerprint density at radius 1 is 1.35 bits per heavy atom. The number of esters is 1. The van der Waals surface area contributed by atoms with E-state index < -0.39 is 12.1 Å². The predicted octanol–water partition coefficient (Wildman–Crippen LogP) is 1.99. The summed E-state index contributed by atoms with van der Waals surface area (Å²) in [5, 5.41) is 11.0. The molecule has 142 valence electrons. The van der Waals surface area contributed by atoms with Crippen molar-refractivity contribution >= 4 is 16.9 Å². The summed E-state index contributed by atoms with van der Waals surface area (Å²) in [5.74, 6) is 0.284. The molecular weight excluding hydrogens is 338 g/mol. The summed E-state index contributed by atoms with van der Waals surface area (Å²) < 4.78 is 21.8. The van der Waals surface area contributed by atoms with Gasteiger partial charge in [0.05, 0.1) is 25.2 Å². The van der Waals surface area contributed by atoms with Crippen molar-refractivity contribution in [1.29, 1.82) is 0 Å². The highest BCUT2D eigenvalue weighted by molar-refractivity contribution is 5.98. The maximum Gasteiger partial charge on any atom is 0.374 e. The number of hydrogen-bond donors (Lipinski definition) is 1. The Balaban J connectivity index is 1.70. The molecule has 2 heterocycles. The van der Waals surface area contributed by atoms with Crippen molar-refractivity contribution in [2.24, 2.45) is 0 Å². The smallest absolute Gasteiger partial charge is 0.374 e. The Labute approximate surface area is 152 Å². The van der Waals surface area contributed by atoms with Gasteiger partial charge in [-0.25, -0.2) is 4.79 Å². The Morgan fingerprint density at radius 3 is 2.85 bits per heavy atom. The number of aryl methyl sites for hydroxylation is 1. The van der Waals surface area contributed by atoms with Crippen LogP contribution in [0.5, 0.6) is 5.75 Å². The van der Waals surface area contributed by atoms with Crippen LogP contribution in [-0.4, -0.2) is 68.1 Å². The van der Waals surface area contributed by atoms with Crippen LogP contribution in [0.15, 0.2) is 22.6 Å². The second-order valence-corrected chi connectivity index (χ2v) is 6.28. The fourth-order valence-electron chi connectivity index (χ4n) is 3.10. The lowest BCUT2D eigenvalue weighted by Gasteiger charge is -2.28. The summed E-state index contributed by atoms with van der Waals surface area (Å²) in [6, 6.07) is 5.38. The maximum absolute atomic E-state index is 12.0. The lowest BCUT2D eigenvalue weighted by atomic mass is 10.1. The van der Waals surface area contributed by atoms with E-state index in [-0.39, 0.29) is 19.0 Å². The Bertz CT molecular complexity index is 750. The molecule has 7 heteroatoms. The average molecular weight is 363 g/mol. The van der Waals surface area contributed by atoms with Gasteiger partial charge in [-0.2, -0.15) is 0 Å². The highest BCUT2D eigenvalue weighted by Gasteiger charge is 2.22. The summed E-state index contributed by atoms with van der Waals surface area (Å²) in [6.45, 7) is 7.55. The summed E-state index contributed by atoms with van der Waals surface area (Å²) in [4.78, 5) is 14.2. The van der Waals surface area contributed by atoms with Gasteiger partial charge >= 0.3 is 5.97 Å². The number of fused-ring (bicyclic) bond motifs is 1. The van der Waals surface area contributed by atoms with Crippen LogP contribution in [0.25, 0.3) is 11.0 Å². The molecule has 1 N–H and O–H groups in total. The SMILES string of the molecule is CCOC(=O)c1oc2cccc(OCC(O)CN3CCOCC3)c2c1C. The van der Waals surface area contributed by atoms with Crippen molar-refractivity contribution in [3.63, 3.8) is 0 Å². The van der Waals surface area contributed by atoms with E-state index in [0.717, 1.165) is 18.5 Å². The van der Waals surface area contributed by atoms with Crippen LogP contribution in [0.1, 0.15) is 23.0 Å². The van der Waals surface area contributed by atoms with Crippen molar-refractivity contribution in [2.45, 2.75) is 20.0 Å². The van der Waals surface area contributed by atoms with E-state index in [1.165, 1.54) is 0 Å². The number of benzene rings is 1. The zero-order valence-electron chi connectivity index (χ0n) is 15.2. The van der Waals surface area contributed by atoms with Crippen molar-refractivity contribution < 1.29 is 28.5 Å². The molecule has 2 aromatic rings. The predicted molar refractivity (Wildman–Crippen MR) is 95.7 cm³/mol. The molecule has 1 aromatic heterocycles. The molecule has 0 amide bonds. The summed E-state index contributed by atoms with van der Waals surface area (Å²) in [7, 11) is 0. The first-order valence-corrected chi connectivity index (χ1v) is 8.90. The minimum Gasteiger partial charge on any atom is -0.490 e. The Kier molecular flexibility index (Phi) is 6.13. The molecule has 3 rings (SSSR count). The lowest BCUT2D eigenvalue weighted by Crippen LogP contribution is -2.42. The molecule has 1 aliphatic rings. The molecule has 1 fully saturated rings. The number of carbonyl (C=O) groups excluding carboxylic acids is 1. The van der Waals surface area contributed by atoms with Crippen LogP contribution in [0.3, 0.4) is 0 Å². The number of β-amino-alcohol motifs (C(OH)–C–C–N with tert-alkyl or cyclic N) is 1. The standard InChI is InChI=1S/C19H25NO6/c1-3-24-19(22)18-13(2)17-15(5-4-6-16(17)26-18)25-12-14(21)11-20-7-9-23-10-8-20/h4-6,14,21H,3,7-12H2,1-2H3. The maximum atomic E-state index is 12.0. The van der Waals surface area contributed by atoms with Gasteiger partial charge in [-0.3, -0.25) is 4.90 Å². The number of rotatable bonds is 7. The molecule has 0 spiro atoms. The molecule has 26 heavy (non-hydrogen) atoms. The van der Waals surface area contributed by atoms with Crippen LogP contribution in [0.2, 0.25) is 0 Å². The van der Waals surface area contributed by atoms with Crippen molar-refractivity contribution in [3.05, 3.63) is 29.5 Å². The molecule has 1 saturated heterocycles. The van der Waals surface area contributed by atoms with Gasteiger partial charge in [0.2, 0.25) is 5.76 Å². The van der Waals surface area contributed by atoms with Gasteiger partial charge in [-0.05, 0) is 26.0 Å². The zero-order chi connectivity index (χ0) is 18.5. The van der Waals surface area contributed by atoms with E-state index in [1.54, 1.807) is 32.0 Å². The normalized spacial score (nSPS) is 16.6. The Hall–Kier alpha value is -2.09. The van der Waals surface area contributed by atoms with E-state index in [9.17, 15) is 9.90 Å². The molecule has 0 radical (unpaired) electrons. The number of furan rings is 1. The Morgan fingerprint density at radius 2 is 2.12 bits per heavy atom. The van der Waals surface area contributed by atoms with Crippen LogP contribution in [0, 0.1) is 6.92 Å².